The van der Waals surface area contributed by atoms with E-state index in [4.69, 9.17) is 0 Å². The molecule has 1 aliphatic rings. The minimum atomic E-state index is -0.111. The standard InChI is InChI=1S/C51H32S2/c1-51(2)41-24-11-9-14-30(41)36-22-13-23-40(48(36)51)45-33-17-5-3-15-31(33)44(32-16-4-6-18-34(32)45)29-26-27-39-43(28-29)53-49-37-20-8-7-19-35(37)46-38-21-10-12-25-42(38)52-50(46)47(39)49/h3-28H,1-2H3. The lowest BCUT2D eigenvalue weighted by molar-refractivity contribution is 0.662. The Morgan fingerprint density at radius 3 is 1.68 bits per heavy atom. The zero-order chi connectivity index (χ0) is 35.0. The molecule has 0 fully saturated rings. The van der Waals surface area contributed by atoms with Crippen molar-refractivity contribution in [3.8, 4) is 33.4 Å². The molecule has 0 bridgehead atoms. The molecule has 0 unspecified atom stereocenters. The fraction of sp³-hybridized carbons (Fsp3) is 0.0588. The molecule has 0 saturated carbocycles. The van der Waals surface area contributed by atoms with Gasteiger partial charge in [0.1, 0.15) is 0 Å². The number of benzene rings is 9. The fourth-order valence-electron chi connectivity index (χ4n) is 9.84. The van der Waals surface area contributed by atoms with Crippen LogP contribution < -0.4 is 0 Å². The highest BCUT2D eigenvalue weighted by Crippen LogP contribution is 2.55. The second kappa shape index (κ2) is 10.6. The van der Waals surface area contributed by atoms with Gasteiger partial charge in [0.25, 0.3) is 0 Å². The van der Waals surface area contributed by atoms with E-state index in [0.717, 1.165) is 0 Å². The van der Waals surface area contributed by atoms with Crippen molar-refractivity contribution in [1.29, 1.82) is 0 Å². The molecule has 12 rings (SSSR count). The molecule has 0 amide bonds. The minimum Gasteiger partial charge on any atom is -0.134 e. The van der Waals surface area contributed by atoms with Crippen LogP contribution in [-0.4, -0.2) is 0 Å². The van der Waals surface area contributed by atoms with E-state index >= 15 is 0 Å². The molecule has 2 aromatic heterocycles. The molecule has 0 N–H and O–H groups in total. The molecule has 0 atom stereocenters. The lowest BCUT2D eigenvalue weighted by Gasteiger charge is -2.26. The first-order valence-electron chi connectivity index (χ1n) is 18.4. The Bertz CT molecular complexity index is 3310. The van der Waals surface area contributed by atoms with Crippen molar-refractivity contribution < 1.29 is 0 Å². The van der Waals surface area contributed by atoms with Crippen molar-refractivity contribution in [2.75, 3.05) is 0 Å². The maximum absolute atomic E-state index is 2.47. The van der Waals surface area contributed by atoms with Crippen molar-refractivity contribution >= 4 is 95.3 Å². The second-order valence-electron chi connectivity index (χ2n) is 15.1. The van der Waals surface area contributed by atoms with E-state index < -0.39 is 0 Å². The van der Waals surface area contributed by atoms with E-state index in [2.05, 4.69) is 172 Å². The third kappa shape index (κ3) is 3.90. The number of rotatable bonds is 2. The predicted octanol–water partition coefficient (Wildman–Crippen LogP) is 15.5. The quantitative estimate of drug-likeness (QED) is 0.157. The molecule has 1 aliphatic carbocycles. The Kier molecular flexibility index (Phi) is 5.97. The van der Waals surface area contributed by atoms with Crippen LogP contribution in [0.3, 0.4) is 0 Å². The Balaban J connectivity index is 1.16. The van der Waals surface area contributed by atoms with Gasteiger partial charge in [-0.25, -0.2) is 0 Å². The number of thiophene rings is 2. The molecule has 0 spiro atoms. The molecule has 0 saturated heterocycles. The van der Waals surface area contributed by atoms with Gasteiger partial charge in [-0.15, -0.1) is 22.7 Å². The lowest BCUT2D eigenvalue weighted by Crippen LogP contribution is -2.16. The summed E-state index contributed by atoms with van der Waals surface area (Å²) in [5.41, 5.74) is 10.7. The molecular weight excluding hydrogens is 677 g/mol. The van der Waals surface area contributed by atoms with Crippen molar-refractivity contribution in [3.63, 3.8) is 0 Å². The summed E-state index contributed by atoms with van der Waals surface area (Å²) < 4.78 is 5.48. The van der Waals surface area contributed by atoms with Gasteiger partial charge in [0, 0.05) is 51.1 Å². The van der Waals surface area contributed by atoms with Crippen LogP contribution in [0.1, 0.15) is 25.0 Å². The third-order valence-electron chi connectivity index (χ3n) is 12.0. The average molecular weight is 709 g/mol. The van der Waals surface area contributed by atoms with E-state index in [-0.39, 0.29) is 5.41 Å². The van der Waals surface area contributed by atoms with Crippen LogP contribution in [0.25, 0.3) is 106 Å². The summed E-state index contributed by atoms with van der Waals surface area (Å²) in [4.78, 5) is 0. The molecule has 0 aliphatic heterocycles. The van der Waals surface area contributed by atoms with Crippen LogP contribution >= 0.6 is 22.7 Å². The van der Waals surface area contributed by atoms with Crippen molar-refractivity contribution in [2.24, 2.45) is 0 Å². The van der Waals surface area contributed by atoms with E-state index in [1.807, 2.05) is 22.7 Å². The summed E-state index contributed by atoms with van der Waals surface area (Å²) >= 11 is 3.89. The molecule has 2 heterocycles. The molecule has 0 radical (unpaired) electrons. The minimum absolute atomic E-state index is 0.111. The van der Waals surface area contributed by atoms with Crippen LogP contribution in [0.4, 0.5) is 0 Å². The monoisotopic (exact) mass is 708 g/mol. The highest BCUT2D eigenvalue weighted by Gasteiger charge is 2.38. The highest BCUT2D eigenvalue weighted by molar-refractivity contribution is 7.30. The van der Waals surface area contributed by atoms with Gasteiger partial charge in [-0.3, -0.25) is 0 Å². The van der Waals surface area contributed by atoms with Gasteiger partial charge >= 0.3 is 0 Å². The van der Waals surface area contributed by atoms with Crippen molar-refractivity contribution in [2.45, 2.75) is 19.3 Å². The lowest BCUT2D eigenvalue weighted by atomic mass is 9.77. The maximum atomic E-state index is 2.47. The van der Waals surface area contributed by atoms with Gasteiger partial charge in [-0.05, 0) is 83.6 Å². The smallest absolute Gasteiger partial charge is 0.0455 e. The van der Waals surface area contributed by atoms with E-state index in [9.17, 15) is 0 Å². The number of fused-ring (bicyclic) bond motifs is 15. The van der Waals surface area contributed by atoms with Crippen LogP contribution in [0.2, 0.25) is 0 Å². The Morgan fingerprint density at radius 2 is 0.925 bits per heavy atom. The number of hydrogen-bond acceptors (Lipinski definition) is 2. The summed E-state index contributed by atoms with van der Waals surface area (Å²) in [6.07, 6.45) is 0. The Hall–Kier alpha value is -5.80. The zero-order valence-corrected chi connectivity index (χ0v) is 31.0. The molecule has 9 aromatic carbocycles. The van der Waals surface area contributed by atoms with Crippen LogP contribution in [0.15, 0.2) is 158 Å². The molecule has 2 heteroatoms. The highest BCUT2D eigenvalue weighted by atomic mass is 32.1. The second-order valence-corrected chi connectivity index (χ2v) is 17.2. The predicted molar refractivity (Wildman–Crippen MR) is 233 cm³/mol. The van der Waals surface area contributed by atoms with Gasteiger partial charge in [-0.1, -0.05) is 159 Å². The first-order valence-corrected chi connectivity index (χ1v) is 20.1. The maximum Gasteiger partial charge on any atom is 0.0455 e. The zero-order valence-electron chi connectivity index (χ0n) is 29.3. The van der Waals surface area contributed by atoms with Crippen LogP contribution in [-0.2, 0) is 5.41 Å². The first kappa shape index (κ1) is 29.7. The largest absolute Gasteiger partial charge is 0.134 e. The summed E-state index contributed by atoms with van der Waals surface area (Å²) in [6, 6.07) is 59.3. The number of hydrogen-bond donors (Lipinski definition) is 0. The van der Waals surface area contributed by atoms with Crippen molar-refractivity contribution in [1.82, 2.24) is 0 Å². The average Bonchev–Trinajstić information content (AvgIpc) is 3.85. The molecule has 53 heavy (non-hydrogen) atoms. The third-order valence-corrected chi connectivity index (χ3v) is 14.4. The van der Waals surface area contributed by atoms with E-state index in [0.29, 0.717) is 0 Å². The molecule has 0 nitrogen and oxygen atoms in total. The van der Waals surface area contributed by atoms with Crippen molar-refractivity contribution in [3.05, 3.63) is 169 Å². The van der Waals surface area contributed by atoms with Gasteiger partial charge in [-0.2, -0.15) is 0 Å². The molecular formula is C51H32S2. The van der Waals surface area contributed by atoms with Gasteiger partial charge in [0.05, 0.1) is 0 Å². The normalized spacial score (nSPS) is 13.6. The summed E-state index contributed by atoms with van der Waals surface area (Å²) in [5.74, 6) is 0. The SMILES string of the molecule is CC1(C)c2ccccc2-c2cccc(-c3c4ccccc4c(-c4ccc5c(c4)sc4c6ccccc6c6c7ccccc7sc6c54)c4ccccc34)c21. The molecule has 248 valence electrons. The Labute approximate surface area is 315 Å². The topological polar surface area (TPSA) is 0 Å². The van der Waals surface area contributed by atoms with Gasteiger partial charge in [0.2, 0.25) is 0 Å². The summed E-state index contributed by atoms with van der Waals surface area (Å²) in [7, 11) is 0. The molecule has 11 aromatic rings. The van der Waals surface area contributed by atoms with E-state index in [1.54, 1.807) is 0 Å². The fourth-order valence-corrected chi connectivity index (χ4v) is 12.5. The summed E-state index contributed by atoms with van der Waals surface area (Å²) in [5, 5.41) is 13.4. The van der Waals surface area contributed by atoms with Crippen LogP contribution in [0, 0.1) is 0 Å². The Morgan fingerprint density at radius 1 is 0.377 bits per heavy atom. The van der Waals surface area contributed by atoms with Gasteiger partial charge < -0.3 is 0 Å². The van der Waals surface area contributed by atoms with E-state index in [1.165, 1.54) is 117 Å². The van der Waals surface area contributed by atoms with Gasteiger partial charge in [0.15, 0.2) is 0 Å². The summed E-state index contributed by atoms with van der Waals surface area (Å²) in [6.45, 7) is 4.80. The van der Waals surface area contributed by atoms with Crippen LogP contribution in [0.5, 0.6) is 0 Å². The first-order chi connectivity index (χ1) is 26.1.